The van der Waals surface area contributed by atoms with Crippen LogP contribution in [-0.4, -0.2) is 54.6 Å². The molecular formula is C21H24ClIO6. The summed E-state index contributed by atoms with van der Waals surface area (Å²) in [6.07, 6.45) is 4.81. The zero-order chi connectivity index (χ0) is 21.3. The fraction of sp³-hybridized carbons (Fsp3) is 0.429. The van der Waals surface area contributed by atoms with Crippen LogP contribution in [0.25, 0.3) is 0 Å². The number of halogens is 2. The van der Waals surface area contributed by atoms with Crippen molar-refractivity contribution in [3.05, 3.63) is 46.0 Å². The van der Waals surface area contributed by atoms with E-state index in [0.29, 0.717) is 6.42 Å². The molecule has 0 aromatic heterocycles. The number of alkyl halides is 3. The first-order valence-electron chi connectivity index (χ1n) is 9.13. The number of phenolic OH excluding ortho intramolecular Hbond substituents is 2. The standard InChI is InChI=1S/C21H24ClIO6/c1-11-7-17-20(29-17)12(10-23(2)3)5-4-6-13(24)8-14-18(21(27)28-11)15(25)9-16(26)19(14)22/h4-6,9,11,17,20,25-26H,7-8,10H2,1-3H3/b6-4+,12-5-/t11-,17-,20-/m1/s1. The van der Waals surface area contributed by atoms with Crippen molar-refractivity contribution >= 4 is 43.2 Å². The van der Waals surface area contributed by atoms with Gasteiger partial charge in [0, 0.05) is 0 Å². The number of allylic oxidation sites excluding steroid dienone is 3. The third-order valence-electron chi connectivity index (χ3n) is 4.71. The Morgan fingerprint density at radius 3 is 2.66 bits per heavy atom. The van der Waals surface area contributed by atoms with E-state index in [1.807, 2.05) is 6.08 Å². The number of ketones is 1. The summed E-state index contributed by atoms with van der Waals surface area (Å²) in [5.74, 6) is -1.98. The number of aromatic hydroxyl groups is 2. The number of cyclic esters (lactones) is 1. The Labute approximate surface area is 181 Å². The number of esters is 1. The van der Waals surface area contributed by atoms with Crippen molar-refractivity contribution in [3.8, 4) is 11.5 Å². The summed E-state index contributed by atoms with van der Waals surface area (Å²) in [5.41, 5.74) is 1.02. The summed E-state index contributed by atoms with van der Waals surface area (Å²) in [7, 11) is 0. The number of benzene rings is 1. The molecule has 158 valence electrons. The predicted molar refractivity (Wildman–Crippen MR) is 120 cm³/mol. The molecule has 0 spiro atoms. The molecule has 0 amide bonds. The fourth-order valence-electron chi connectivity index (χ4n) is 3.38. The van der Waals surface area contributed by atoms with Gasteiger partial charge >= 0.3 is 182 Å². The van der Waals surface area contributed by atoms with Crippen LogP contribution in [0.4, 0.5) is 0 Å². The summed E-state index contributed by atoms with van der Waals surface area (Å²) in [5, 5.41) is 20.0. The molecule has 2 aliphatic rings. The Balaban J connectivity index is 2.00. The van der Waals surface area contributed by atoms with Gasteiger partial charge in [0.2, 0.25) is 0 Å². The maximum atomic E-state index is 12.7. The zero-order valence-corrected chi connectivity index (χ0v) is 19.4. The Hall–Kier alpha value is -1.58. The van der Waals surface area contributed by atoms with Gasteiger partial charge in [-0.05, 0) is 0 Å². The molecule has 3 rings (SSSR count). The number of carbonyl (C=O) groups is 2. The van der Waals surface area contributed by atoms with Crippen LogP contribution in [0.3, 0.4) is 0 Å². The molecule has 1 aromatic rings. The van der Waals surface area contributed by atoms with Crippen molar-refractivity contribution in [2.75, 3.05) is 14.3 Å². The number of rotatable bonds is 2. The molecule has 1 saturated heterocycles. The van der Waals surface area contributed by atoms with Crippen LogP contribution in [0.5, 0.6) is 11.5 Å². The molecule has 8 heteroatoms. The fourth-order valence-corrected chi connectivity index (χ4v) is 6.04. The minimum atomic E-state index is -1.05. The van der Waals surface area contributed by atoms with Crippen molar-refractivity contribution in [1.82, 2.24) is 0 Å². The van der Waals surface area contributed by atoms with Crippen LogP contribution in [0, 0.1) is 0 Å². The molecule has 2 N–H and O–H groups in total. The number of carbonyl (C=O) groups excluding carboxylic acids is 2. The molecule has 2 heterocycles. The Bertz CT molecular complexity index is 892. The molecule has 6 nitrogen and oxygen atoms in total. The summed E-state index contributed by atoms with van der Waals surface area (Å²) >= 11 is 5.09. The molecule has 0 radical (unpaired) electrons. The molecule has 0 aliphatic carbocycles. The van der Waals surface area contributed by atoms with Gasteiger partial charge in [0.25, 0.3) is 0 Å². The van der Waals surface area contributed by atoms with Crippen LogP contribution < -0.4 is 0 Å². The SMILES string of the molecule is C[C@@H]1C[C@H]2O[C@@H]2/C(CI(C)C)=C\C=C\C(=O)Cc2c(Cl)c(O)cc(O)c2C(=O)O1. The van der Waals surface area contributed by atoms with E-state index >= 15 is 0 Å². The van der Waals surface area contributed by atoms with Gasteiger partial charge in [-0.1, -0.05) is 0 Å². The van der Waals surface area contributed by atoms with Crippen molar-refractivity contribution < 1.29 is 29.3 Å². The van der Waals surface area contributed by atoms with Gasteiger partial charge in [-0.3, -0.25) is 0 Å². The van der Waals surface area contributed by atoms with E-state index in [9.17, 15) is 19.8 Å². The van der Waals surface area contributed by atoms with E-state index in [4.69, 9.17) is 21.1 Å². The third kappa shape index (κ3) is 5.32. The summed E-state index contributed by atoms with van der Waals surface area (Å²) in [6, 6.07) is 0.974. The maximum absolute atomic E-state index is 12.7. The first-order chi connectivity index (χ1) is 13.7. The topological polar surface area (TPSA) is 96.4 Å². The first kappa shape index (κ1) is 22.1. The van der Waals surface area contributed by atoms with Crippen molar-refractivity contribution in [3.63, 3.8) is 0 Å². The van der Waals surface area contributed by atoms with E-state index < -0.39 is 43.4 Å². The molecule has 0 unspecified atom stereocenters. The van der Waals surface area contributed by atoms with Gasteiger partial charge in [-0.15, -0.1) is 0 Å². The van der Waals surface area contributed by atoms with Crippen LogP contribution >= 0.6 is 31.4 Å². The molecule has 3 atom stereocenters. The second kappa shape index (κ2) is 9.06. The van der Waals surface area contributed by atoms with Gasteiger partial charge in [0.05, 0.1) is 0 Å². The molecule has 0 bridgehead atoms. The molecule has 0 saturated carbocycles. The van der Waals surface area contributed by atoms with Gasteiger partial charge in [-0.25, -0.2) is 0 Å². The number of phenols is 2. The van der Waals surface area contributed by atoms with Gasteiger partial charge in [0.1, 0.15) is 0 Å². The van der Waals surface area contributed by atoms with E-state index in [2.05, 4.69) is 9.86 Å². The Kier molecular flexibility index (Phi) is 6.90. The molecule has 1 aromatic carbocycles. The van der Waals surface area contributed by atoms with E-state index in [0.717, 1.165) is 10.5 Å². The van der Waals surface area contributed by atoms with Crippen LogP contribution in [-0.2, 0) is 20.7 Å². The van der Waals surface area contributed by atoms with Crippen molar-refractivity contribution in [2.24, 2.45) is 0 Å². The Morgan fingerprint density at radius 2 is 1.97 bits per heavy atom. The number of hydrogen-bond acceptors (Lipinski definition) is 6. The number of ether oxygens (including phenoxy) is 2. The molecule has 2 aliphatic heterocycles. The molecule has 29 heavy (non-hydrogen) atoms. The van der Waals surface area contributed by atoms with Gasteiger partial charge in [0.15, 0.2) is 0 Å². The average molecular weight is 535 g/mol. The van der Waals surface area contributed by atoms with E-state index in [1.165, 1.54) is 11.6 Å². The van der Waals surface area contributed by atoms with Crippen LogP contribution in [0.15, 0.2) is 29.9 Å². The average Bonchev–Trinajstić information content (AvgIpc) is 3.36. The zero-order valence-electron chi connectivity index (χ0n) is 16.4. The van der Waals surface area contributed by atoms with Crippen molar-refractivity contribution in [2.45, 2.75) is 38.1 Å². The summed E-state index contributed by atoms with van der Waals surface area (Å²) < 4.78 is 12.3. The van der Waals surface area contributed by atoms with Crippen molar-refractivity contribution in [1.29, 1.82) is 0 Å². The molecule has 1 fully saturated rings. The third-order valence-corrected chi connectivity index (χ3v) is 7.54. The number of epoxide rings is 1. The predicted octanol–water partition coefficient (Wildman–Crippen LogP) is 3.83. The van der Waals surface area contributed by atoms with Crippen LogP contribution in [0.2, 0.25) is 5.02 Å². The van der Waals surface area contributed by atoms with E-state index in [1.54, 1.807) is 13.0 Å². The second-order valence-corrected chi connectivity index (χ2v) is 13.8. The Morgan fingerprint density at radius 1 is 1.24 bits per heavy atom. The normalized spacial score (nSPS) is 28.2. The molecular weight excluding hydrogens is 511 g/mol. The van der Waals surface area contributed by atoms with Gasteiger partial charge in [-0.2, -0.15) is 0 Å². The van der Waals surface area contributed by atoms with Gasteiger partial charge < -0.3 is 0 Å². The number of hydrogen-bond donors (Lipinski definition) is 2. The van der Waals surface area contributed by atoms with E-state index in [-0.39, 0.29) is 40.6 Å². The minimum absolute atomic E-state index is 0.00868. The van der Waals surface area contributed by atoms with Crippen LogP contribution in [0.1, 0.15) is 29.3 Å². The number of fused-ring (bicyclic) bond motifs is 2. The quantitative estimate of drug-likeness (QED) is 0.259. The first-order valence-corrected chi connectivity index (χ1v) is 15.3. The summed E-state index contributed by atoms with van der Waals surface area (Å²) in [4.78, 5) is 29.7. The summed E-state index contributed by atoms with van der Waals surface area (Å²) in [6.45, 7) is 1.76. The monoisotopic (exact) mass is 534 g/mol. The second-order valence-electron chi connectivity index (χ2n) is 7.42.